The van der Waals surface area contributed by atoms with E-state index in [1.165, 1.54) is 19.1 Å². The highest BCUT2D eigenvalue weighted by Gasteiger charge is 2.33. The van der Waals surface area contributed by atoms with Crippen molar-refractivity contribution in [3.05, 3.63) is 30.1 Å². The van der Waals surface area contributed by atoms with Crippen molar-refractivity contribution in [2.75, 3.05) is 37.6 Å². The molecule has 2 fully saturated rings. The van der Waals surface area contributed by atoms with Crippen molar-refractivity contribution in [1.29, 1.82) is 0 Å². The normalized spacial score (nSPS) is 18.0. The molecular weight excluding hydrogens is 297 g/mol. The Kier molecular flexibility index (Phi) is 4.50. The number of hydrogen-bond acceptors (Lipinski definition) is 3. The number of carbonyl (C=O) groups is 2. The Balaban J connectivity index is 1.52. The zero-order chi connectivity index (χ0) is 16.4. The van der Waals surface area contributed by atoms with Gasteiger partial charge >= 0.3 is 0 Å². The molecule has 5 nitrogen and oxygen atoms in total. The maximum Gasteiger partial charge on any atom is 0.242 e. The fourth-order valence-corrected chi connectivity index (χ4v) is 3.00. The lowest BCUT2D eigenvalue weighted by atomic mass is 10.2. The second-order valence-electron chi connectivity index (χ2n) is 6.22. The molecule has 0 atom stereocenters. The van der Waals surface area contributed by atoms with Gasteiger partial charge in [-0.1, -0.05) is 0 Å². The summed E-state index contributed by atoms with van der Waals surface area (Å²) in [5.41, 5.74) is 0.974. The molecule has 1 aromatic rings. The first-order valence-corrected chi connectivity index (χ1v) is 8.10. The smallest absolute Gasteiger partial charge is 0.242 e. The molecule has 23 heavy (non-hydrogen) atoms. The van der Waals surface area contributed by atoms with Gasteiger partial charge in [0.05, 0.1) is 6.54 Å². The molecule has 0 N–H and O–H groups in total. The molecule has 0 bridgehead atoms. The monoisotopic (exact) mass is 319 g/mol. The van der Waals surface area contributed by atoms with Gasteiger partial charge in [-0.25, -0.2) is 4.39 Å². The summed E-state index contributed by atoms with van der Waals surface area (Å²) in [4.78, 5) is 29.7. The van der Waals surface area contributed by atoms with Crippen molar-refractivity contribution in [2.24, 2.45) is 0 Å². The van der Waals surface area contributed by atoms with Crippen molar-refractivity contribution >= 4 is 17.5 Å². The number of halogens is 1. The highest BCUT2D eigenvalue weighted by atomic mass is 19.1. The fourth-order valence-electron chi connectivity index (χ4n) is 3.00. The number of nitrogens with zero attached hydrogens (tertiary/aromatic N) is 3. The molecule has 1 heterocycles. The van der Waals surface area contributed by atoms with Gasteiger partial charge in [-0.15, -0.1) is 0 Å². The lowest BCUT2D eigenvalue weighted by Crippen LogP contribution is -2.52. The van der Waals surface area contributed by atoms with E-state index in [1.54, 1.807) is 17.0 Å². The third-order valence-electron chi connectivity index (χ3n) is 4.52. The summed E-state index contributed by atoms with van der Waals surface area (Å²) in [5.74, 6) is -0.247. The maximum atomic E-state index is 13.0. The van der Waals surface area contributed by atoms with Gasteiger partial charge in [0.15, 0.2) is 0 Å². The number of amides is 2. The Labute approximate surface area is 135 Å². The van der Waals surface area contributed by atoms with Gasteiger partial charge in [-0.3, -0.25) is 9.59 Å². The van der Waals surface area contributed by atoms with Crippen LogP contribution in [0.4, 0.5) is 10.1 Å². The summed E-state index contributed by atoms with van der Waals surface area (Å²) in [6.45, 7) is 4.43. The molecule has 0 spiro atoms. The SMILES string of the molecule is CC(=O)N(CC(=O)N1CCN(c2ccc(F)cc2)CC1)C1CC1. The van der Waals surface area contributed by atoms with Crippen molar-refractivity contribution in [3.63, 3.8) is 0 Å². The molecule has 1 aliphatic carbocycles. The Morgan fingerprint density at radius 3 is 2.26 bits per heavy atom. The van der Waals surface area contributed by atoms with Crippen LogP contribution in [-0.4, -0.2) is 60.4 Å². The summed E-state index contributed by atoms with van der Waals surface area (Å²) < 4.78 is 13.0. The number of hydrogen-bond donors (Lipinski definition) is 0. The molecule has 0 radical (unpaired) electrons. The summed E-state index contributed by atoms with van der Waals surface area (Å²) in [5, 5.41) is 0. The van der Waals surface area contributed by atoms with E-state index in [9.17, 15) is 14.0 Å². The van der Waals surface area contributed by atoms with Crippen molar-refractivity contribution in [3.8, 4) is 0 Å². The van der Waals surface area contributed by atoms with Crippen molar-refractivity contribution in [2.45, 2.75) is 25.8 Å². The Bertz CT molecular complexity index is 578. The Morgan fingerprint density at radius 1 is 1.13 bits per heavy atom. The number of piperazine rings is 1. The first-order chi connectivity index (χ1) is 11.0. The van der Waals surface area contributed by atoms with Crippen LogP contribution in [0.3, 0.4) is 0 Å². The zero-order valence-corrected chi connectivity index (χ0v) is 13.4. The minimum atomic E-state index is -0.244. The highest BCUT2D eigenvalue weighted by molar-refractivity contribution is 5.84. The van der Waals surface area contributed by atoms with Gasteiger partial charge in [0.1, 0.15) is 5.82 Å². The Hall–Kier alpha value is -2.11. The third-order valence-corrected chi connectivity index (χ3v) is 4.52. The van der Waals surface area contributed by atoms with E-state index >= 15 is 0 Å². The first-order valence-electron chi connectivity index (χ1n) is 8.10. The Morgan fingerprint density at radius 2 is 1.74 bits per heavy atom. The summed E-state index contributed by atoms with van der Waals surface area (Å²) in [6.07, 6.45) is 2.01. The molecule has 1 aliphatic heterocycles. The van der Waals surface area contributed by atoms with Crippen LogP contribution in [0.1, 0.15) is 19.8 Å². The first kappa shape index (κ1) is 15.8. The zero-order valence-electron chi connectivity index (χ0n) is 13.4. The average molecular weight is 319 g/mol. The molecule has 1 saturated carbocycles. The molecule has 1 aromatic carbocycles. The lowest BCUT2D eigenvalue weighted by molar-refractivity contribution is -0.140. The van der Waals surface area contributed by atoms with Crippen LogP contribution in [0.25, 0.3) is 0 Å². The van der Waals surface area contributed by atoms with E-state index in [4.69, 9.17) is 0 Å². The molecule has 1 saturated heterocycles. The van der Waals surface area contributed by atoms with Gasteiger partial charge in [0, 0.05) is 44.8 Å². The molecule has 6 heteroatoms. The van der Waals surface area contributed by atoms with Crippen LogP contribution in [0.15, 0.2) is 24.3 Å². The van der Waals surface area contributed by atoms with Crippen molar-refractivity contribution in [1.82, 2.24) is 9.80 Å². The van der Waals surface area contributed by atoms with Crippen LogP contribution >= 0.6 is 0 Å². The van der Waals surface area contributed by atoms with Crippen LogP contribution in [0.5, 0.6) is 0 Å². The van der Waals surface area contributed by atoms with Crippen molar-refractivity contribution < 1.29 is 14.0 Å². The minimum absolute atomic E-state index is 0.0193. The molecule has 124 valence electrons. The third kappa shape index (κ3) is 3.81. The van der Waals surface area contributed by atoms with Gasteiger partial charge in [0.2, 0.25) is 11.8 Å². The van der Waals surface area contributed by atoms with E-state index in [-0.39, 0.29) is 30.2 Å². The van der Waals surface area contributed by atoms with Crippen LogP contribution in [0.2, 0.25) is 0 Å². The van der Waals surface area contributed by atoms with Crippen LogP contribution in [0, 0.1) is 5.82 Å². The second kappa shape index (κ2) is 6.56. The van der Waals surface area contributed by atoms with Crippen LogP contribution in [-0.2, 0) is 9.59 Å². The van der Waals surface area contributed by atoms with Gasteiger partial charge < -0.3 is 14.7 Å². The molecular formula is C17H22FN3O2. The standard InChI is InChI=1S/C17H22FN3O2/c1-13(22)21(16-6-7-16)12-17(23)20-10-8-19(9-11-20)15-4-2-14(18)3-5-15/h2-5,16H,6-12H2,1H3. The van der Waals surface area contributed by atoms with E-state index < -0.39 is 0 Å². The largest absolute Gasteiger partial charge is 0.368 e. The quantitative estimate of drug-likeness (QED) is 0.844. The van der Waals surface area contributed by atoms with Crippen LogP contribution < -0.4 is 4.90 Å². The van der Waals surface area contributed by atoms with E-state index in [0.29, 0.717) is 13.1 Å². The van der Waals surface area contributed by atoms with Gasteiger partial charge in [0.25, 0.3) is 0 Å². The van der Waals surface area contributed by atoms with E-state index in [2.05, 4.69) is 4.90 Å². The number of anilines is 1. The maximum absolute atomic E-state index is 13.0. The molecule has 2 aliphatic rings. The van der Waals surface area contributed by atoms with Gasteiger partial charge in [-0.2, -0.15) is 0 Å². The van der Waals surface area contributed by atoms with E-state index in [1.807, 2.05) is 4.90 Å². The summed E-state index contributed by atoms with van der Waals surface area (Å²) >= 11 is 0. The van der Waals surface area contributed by atoms with Gasteiger partial charge in [-0.05, 0) is 37.1 Å². The summed E-state index contributed by atoms with van der Waals surface area (Å²) in [7, 11) is 0. The molecule has 3 rings (SSSR count). The molecule has 0 unspecified atom stereocenters. The molecule has 2 amide bonds. The number of rotatable bonds is 4. The van der Waals surface area contributed by atoms with E-state index in [0.717, 1.165) is 31.6 Å². The predicted molar refractivity (Wildman–Crippen MR) is 85.6 cm³/mol. The topological polar surface area (TPSA) is 43.9 Å². The second-order valence-corrected chi connectivity index (χ2v) is 6.22. The predicted octanol–water partition coefficient (Wildman–Crippen LogP) is 1.49. The number of benzene rings is 1. The molecule has 0 aromatic heterocycles. The summed E-state index contributed by atoms with van der Waals surface area (Å²) in [6, 6.07) is 6.69. The lowest BCUT2D eigenvalue weighted by Gasteiger charge is -2.37. The number of carbonyl (C=O) groups excluding carboxylic acids is 2. The fraction of sp³-hybridized carbons (Fsp3) is 0.529. The average Bonchev–Trinajstić information content (AvgIpc) is 3.38. The highest BCUT2D eigenvalue weighted by Crippen LogP contribution is 2.27. The minimum Gasteiger partial charge on any atom is -0.368 e.